The standard InChI is InChI=1S/C18H18Cl2N2O3S/c1-13-5-7-14(8-6-13)18(23)21-9-11-22(12-10-21)26(24,25)16-4-2-3-15(19)17(16)20/h2-8H,9-12H2,1H3. The van der Waals surface area contributed by atoms with Crippen LogP contribution in [0.5, 0.6) is 0 Å². The lowest BCUT2D eigenvalue weighted by atomic mass is 10.1. The number of sulfonamides is 1. The predicted molar refractivity (Wildman–Crippen MR) is 102 cm³/mol. The van der Waals surface area contributed by atoms with Crippen LogP contribution in [0.2, 0.25) is 10.0 Å². The molecule has 0 saturated carbocycles. The minimum absolute atomic E-state index is 0.00928. The van der Waals surface area contributed by atoms with Gasteiger partial charge in [0.25, 0.3) is 5.91 Å². The maximum atomic E-state index is 12.8. The van der Waals surface area contributed by atoms with Gasteiger partial charge in [0.2, 0.25) is 10.0 Å². The Hall–Kier alpha value is -1.60. The summed E-state index contributed by atoms with van der Waals surface area (Å²) in [5.74, 6) is -0.0946. The molecule has 3 rings (SSSR count). The summed E-state index contributed by atoms with van der Waals surface area (Å²) in [4.78, 5) is 14.2. The van der Waals surface area contributed by atoms with Crippen molar-refractivity contribution in [1.82, 2.24) is 9.21 Å². The summed E-state index contributed by atoms with van der Waals surface area (Å²) in [7, 11) is -3.76. The van der Waals surface area contributed by atoms with Crippen LogP contribution in [0, 0.1) is 6.92 Å². The summed E-state index contributed by atoms with van der Waals surface area (Å²) in [6.45, 7) is 3.03. The Morgan fingerprint density at radius 2 is 1.58 bits per heavy atom. The molecule has 0 N–H and O–H groups in total. The van der Waals surface area contributed by atoms with Crippen LogP contribution in [0.1, 0.15) is 15.9 Å². The van der Waals surface area contributed by atoms with Crippen LogP contribution in [0.4, 0.5) is 0 Å². The van der Waals surface area contributed by atoms with Gasteiger partial charge in [-0.25, -0.2) is 8.42 Å². The van der Waals surface area contributed by atoms with E-state index in [1.54, 1.807) is 29.2 Å². The van der Waals surface area contributed by atoms with Gasteiger partial charge in [-0.15, -0.1) is 0 Å². The first-order valence-corrected chi connectivity index (χ1v) is 10.3. The third-order valence-electron chi connectivity index (χ3n) is 4.36. The third-order valence-corrected chi connectivity index (χ3v) is 7.23. The average Bonchev–Trinajstić information content (AvgIpc) is 2.64. The molecule has 0 aliphatic carbocycles. The van der Waals surface area contributed by atoms with Crippen molar-refractivity contribution in [1.29, 1.82) is 0 Å². The molecule has 0 radical (unpaired) electrons. The van der Waals surface area contributed by atoms with E-state index in [1.165, 1.54) is 10.4 Å². The summed E-state index contributed by atoms with van der Waals surface area (Å²) < 4.78 is 27.0. The number of aryl methyl sites for hydroxylation is 1. The summed E-state index contributed by atoms with van der Waals surface area (Å²) in [6, 6.07) is 11.9. The lowest BCUT2D eigenvalue weighted by molar-refractivity contribution is 0.0698. The Morgan fingerprint density at radius 3 is 2.19 bits per heavy atom. The van der Waals surface area contributed by atoms with Gasteiger partial charge in [-0.1, -0.05) is 47.0 Å². The quantitative estimate of drug-likeness (QED) is 0.775. The summed E-state index contributed by atoms with van der Waals surface area (Å²) >= 11 is 12.0. The number of carbonyl (C=O) groups is 1. The lowest BCUT2D eigenvalue weighted by Gasteiger charge is -2.34. The number of nitrogens with zero attached hydrogens (tertiary/aromatic N) is 2. The zero-order valence-corrected chi connectivity index (χ0v) is 16.5. The van der Waals surface area contributed by atoms with Crippen LogP contribution in [0.25, 0.3) is 0 Å². The highest BCUT2D eigenvalue weighted by molar-refractivity contribution is 7.89. The molecular weight excluding hydrogens is 395 g/mol. The van der Waals surface area contributed by atoms with Crippen LogP contribution in [-0.2, 0) is 10.0 Å². The number of hydrogen-bond acceptors (Lipinski definition) is 3. The lowest BCUT2D eigenvalue weighted by Crippen LogP contribution is -2.50. The maximum absolute atomic E-state index is 12.8. The van der Waals surface area contributed by atoms with Crippen LogP contribution in [0.3, 0.4) is 0 Å². The molecule has 1 heterocycles. The van der Waals surface area contributed by atoms with Gasteiger partial charge in [0, 0.05) is 31.7 Å². The second-order valence-electron chi connectivity index (χ2n) is 6.11. The van der Waals surface area contributed by atoms with E-state index in [1.807, 2.05) is 19.1 Å². The van der Waals surface area contributed by atoms with Crippen molar-refractivity contribution in [2.75, 3.05) is 26.2 Å². The number of hydrogen-bond donors (Lipinski definition) is 0. The maximum Gasteiger partial charge on any atom is 0.253 e. The minimum atomic E-state index is -3.76. The minimum Gasteiger partial charge on any atom is -0.336 e. The van der Waals surface area contributed by atoms with Crippen molar-refractivity contribution in [2.24, 2.45) is 0 Å². The Labute approximate surface area is 163 Å². The molecule has 26 heavy (non-hydrogen) atoms. The molecule has 1 aliphatic rings. The molecule has 138 valence electrons. The fourth-order valence-corrected chi connectivity index (χ4v) is 4.99. The highest BCUT2D eigenvalue weighted by Crippen LogP contribution is 2.31. The number of carbonyl (C=O) groups excluding carboxylic acids is 1. The molecule has 1 amide bonds. The molecule has 0 aromatic heterocycles. The van der Waals surface area contributed by atoms with Crippen molar-refractivity contribution >= 4 is 39.1 Å². The first-order chi connectivity index (χ1) is 12.3. The van der Waals surface area contributed by atoms with Gasteiger partial charge in [0.1, 0.15) is 4.90 Å². The number of halogens is 2. The Kier molecular flexibility index (Phi) is 5.58. The molecule has 2 aromatic carbocycles. The summed E-state index contributed by atoms with van der Waals surface area (Å²) in [5, 5.41) is 0.216. The van der Waals surface area contributed by atoms with Crippen molar-refractivity contribution in [2.45, 2.75) is 11.8 Å². The van der Waals surface area contributed by atoms with Gasteiger partial charge >= 0.3 is 0 Å². The van der Waals surface area contributed by atoms with Gasteiger partial charge < -0.3 is 4.90 Å². The van der Waals surface area contributed by atoms with Gasteiger partial charge in [-0.2, -0.15) is 4.31 Å². The van der Waals surface area contributed by atoms with Crippen molar-refractivity contribution in [3.05, 3.63) is 63.6 Å². The van der Waals surface area contributed by atoms with E-state index in [0.29, 0.717) is 18.7 Å². The highest BCUT2D eigenvalue weighted by Gasteiger charge is 2.32. The topological polar surface area (TPSA) is 57.7 Å². The van der Waals surface area contributed by atoms with Crippen molar-refractivity contribution < 1.29 is 13.2 Å². The summed E-state index contributed by atoms with van der Waals surface area (Å²) in [5.41, 5.74) is 1.68. The first-order valence-electron chi connectivity index (χ1n) is 8.11. The molecule has 0 spiro atoms. The van der Waals surface area contributed by atoms with E-state index in [0.717, 1.165) is 5.56 Å². The van der Waals surface area contributed by atoms with Crippen LogP contribution in [-0.4, -0.2) is 49.7 Å². The first kappa shape index (κ1) is 19.2. The molecular formula is C18H18Cl2N2O3S. The molecule has 0 bridgehead atoms. The normalized spacial score (nSPS) is 15.9. The number of rotatable bonds is 3. The number of benzene rings is 2. The van der Waals surface area contributed by atoms with Gasteiger partial charge in [-0.3, -0.25) is 4.79 Å². The van der Waals surface area contributed by atoms with Gasteiger partial charge in [0.05, 0.1) is 10.0 Å². The monoisotopic (exact) mass is 412 g/mol. The van der Waals surface area contributed by atoms with E-state index in [4.69, 9.17) is 23.2 Å². The Bertz CT molecular complexity index is 922. The predicted octanol–water partition coefficient (Wildman–Crippen LogP) is 3.45. The average molecular weight is 413 g/mol. The molecule has 1 saturated heterocycles. The highest BCUT2D eigenvalue weighted by atomic mass is 35.5. The Balaban J connectivity index is 1.72. The molecule has 1 aliphatic heterocycles. The largest absolute Gasteiger partial charge is 0.336 e. The Morgan fingerprint density at radius 1 is 0.962 bits per heavy atom. The SMILES string of the molecule is Cc1ccc(C(=O)N2CCN(S(=O)(=O)c3cccc(Cl)c3Cl)CC2)cc1. The zero-order valence-electron chi connectivity index (χ0n) is 14.2. The molecule has 0 atom stereocenters. The van der Waals surface area contributed by atoms with E-state index in [-0.39, 0.29) is 33.9 Å². The molecule has 5 nitrogen and oxygen atoms in total. The van der Waals surface area contributed by atoms with Crippen molar-refractivity contribution in [3.8, 4) is 0 Å². The van der Waals surface area contributed by atoms with Gasteiger partial charge in [-0.05, 0) is 31.2 Å². The molecule has 8 heteroatoms. The van der Waals surface area contributed by atoms with E-state index < -0.39 is 10.0 Å². The van der Waals surface area contributed by atoms with Crippen molar-refractivity contribution in [3.63, 3.8) is 0 Å². The molecule has 0 unspecified atom stereocenters. The molecule has 1 fully saturated rings. The van der Waals surface area contributed by atoms with Crippen LogP contribution in [0.15, 0.2) is 47.4 Å². The second kappa shape index (κ2) is 7.56. The van der Waals surface area contributed by atoms with Crippen LogP contribution < -0.4 is 0 Å². The van der Waals surface area contributed by atoms with E-state index in [9.17, 15) is 13.2 Å². The summed E-state index contributed by atoms with van der Waals surface area (Å²) in [6.07, 6.45) is 0. The number of piperazine rings is 1. The van der Waals surface area contributed by atoms with E-state index in [2.05, 4.69) is 0 Å². The van der Waals surface area contributed by atoms with Gasteiger partial charge in [0.15, 0.2) is 0 Å². The smallest absolute Gasteiger partial charge is 0.253 e. The fourth-order valence-electron chi connectivity index (χ4n) is 2.83. The molecule has 2 aromatic rings. The van der Waals surface area contributed by atoms with Crippen LogP contribution >= 0.6 is 23.2 Å². The number of amides is 1. The van der Waals surface area contributed by atoms with E-state index >= 15 is 0 Å². The third kappa shape index (κ3) is 3.74. The zero-order chi connectivity index (χ0) is 18.9. The fraction of sp³-hybridized carbons (Fsp3) is 0.278. The second-order valence-corrected chi connectivity index (χ2v) is 8.81.